The first-order valence-corrected chi connectivity index (χ1v) is 6.64. The van der Waals surface area contributed by atoms with E-state index in [2.05, 4.69) is 13.8 Å². The van der Waals surface area contributed by atoms with Gasteiger partial charge < -0.3 is 0 Å². The lowest BCUT2D eigenvalue weighted by Crippen LogP contribution is -1.98. The largest absolute Gasteiger partial charge is 0.288 e. The number of aryl methyl sites for hydroxylation is 3. The molecule has 88 valence electrons. The summed E-state index contributed by atoms with van der Waals surface area (Å²) in [6.45, 7) is 6.21. The van der Waals surface area contributed by atoms with Crippen LogP contribution >= 0.6 is 11.3 Å². The Morgan fingerprint density at radius 3 is 2.29 bits per heavy atom. The average molecular weight is 244 g/mol. The lowest BCUT2D eigenvalue weighted by atomic mass is 10.1. The highest BCUT2D eigenvalue weighted by Crippen LogP contribution is 2.23. The fourth-order valence-electron chi connectivity index (χ4n) is 1.72. The smallest absolute Gasteiger partial charge is 0.202 e. The normalized spacial score (nSPS) is 10.5. The zero-order valence-corrected chi connectivity index (χ0v) is 11.2. The monoisotopic (exact) mass is 244 g/mol. The van der Waals surface area contributed by atoms with Crippen molar-refractivity contribution in [1.29, 1.82) is 0 Å². The SMILES string of the molecule is CCc1ccc(C(=O)c2cc(C)c(C)s2)cc1. The van der Waals surface area contributed by atoms with Crippen molar-refractivity contribution >= 4 is 17.1 Å². The van der Waals surface area contributed by atoms with Gasteiger partial charge in [0.25, 0.3) is 0 Å². The molecule has 1 heterocycles. The van der Waals surface area contributed by atoms with Crippen LogP contribution in [0.1, 0.15) is 38.2 Å². The molecule has 0 saturated carbocycles. The van der Waals surface area contributed by atoms with Crippen LogP contribution in [0, 0.1) is 13.8 Å². The Labute approximate surface area is 106 Å². The predicted octanol–water partition coefficient (Wildman–Crippen LogP) is 4.16. The van der Waals surface area contributed by atoms with Crippen LogP contribution in [0.5, 0.6) is 0 Å². The number of carbonyl (C=O) groups excluding carboxylic acids is 1. The van der Waals surface area contributed by atoms with Gasteiger partial charge in [-0.1, -0.05) is 31.2 Å². The van der Waals surface area contributed by atoms with Crippen molar-refractivity contribution in [2.24, 2.45) is 0 Å². The molecule has 2 aromatic rings. The van der Waals surface area contributed by atoms with Gasteiger partial charge in [0, 0.05) is 10.4 Å². The van der Waals surface area contributed by atoms with E-state index in [-0.39, 0.29) is 5.78 Å². The summed E-state index contributed by atoms with van der Waals surface area (Å²) in [5, 5.41) is 0. The topological polar surface area (TPSA) is 17.1 Å². The van der Waals surface area contributed by atoms with E-state index in [1.54, 1.807) is 11.3 Å². The van der Waals surface area contributed by atoms with E-state index < -0.39 is 0 Å². The number of hydrogen-bond acceptors (Lipinski definition) is 2. The third-order valence-electron chi connectivity index (χ3n) is 3.01. The van der Waals surface area contributed by atoms with Crippen LogP contribution in [-0.4, -0.2) is 5.78 Å². The fraction of sp³-hybridized carbons (Fsp3) is 0.267. The zero-order valence-electron chi connectivity index (χ0n) is 10.4. The van der Waals surface area contributed by atoms with Gasteiger partial charge in [0.05, 0.1) is 4.88 Å². The van der Waals surface area contributed by atoms with Gasteiger partial charge in [0.1, 0.15) is 0 Å². The summed E-state index contributed by atoms with van der Waals surface area (Å²) in [4.78, 5) is 14.3. The van der Waals surface area contributed by atoms with Gasteiger partial charge in [-0.15, -0.1) is 11.3 Å². The van der Waals surface area contributed by atoms with E-state index in [4.69, 9.17) is 0 Å². The van der Waals surface area contributed by atoms with Crippen LogP contribution in [0.4, 0.5) is 0 Å². The molecule has 17 heavy (non-hydrogen) atoms. The molecule has 1 nitrogen and oxygen atoms in total. The highest BCUT2D eigenvalue weighted by molar-refractivity contribution is 7.14. The molecule has 0 fully saturated rings. The summed E-state index contributed by atoms with van der Waals surface area (Å²) in [5.41, 5.74) is 3.24. The van der Waals surface area contributed by atoms with Gasteiger partial charge in [0.2, 0.25) is 5.78 Å². The number of thiophene rings is 1. The number of carbonyl (C=O) groups is 1. The summed E-state index contributed by atoms with van der Waals surface area (Å²) in [5.74, 6) is 0.133. The molecule has 0 aliphatic heterocycles. The maximum absolute atomic E-state index is 12.2. The Morgan fingerprint density at radius 1 is 1.18 bits per heavy atom. The van der Waals surface area contributed by atoms with Crippen molar-refractivity contribution in [3.63, 3.8) is 0 Å². The summed E-state index contributed by atoms with van der Waals surface area (Å²) in [6, 6.07) is 9.88. The van der Waals surface area contributed by atoms with Crippen molar-refractivity contribution in [2.75, 3.05) is 0 Å². The number of rotatable bonds is 3. The molecule has 1 aromatic carbocycles. The lowest BCUT2D eigenvalue weighted by molar-refractivity contribution is 0.104. The Morgan fingerprint density at radius 2 is 1.82 bits per heavy atom. The molecule has 0 aliphatic carbocycles. The second kappa shape index (κ2) is 4.84. The molecule has 0 N–H and O–H groups in total. The third kappa shape index (κ3) is 2.47. The Balaban J connectivity index is 2.30. The van der Waals surface area contributed by atoms with Gasteiger partial charge in [-0.05, 0) is 37.5 Å². The van der Waals surface area contributed by atoms with E-state index in [0.29, 0.717) is 0 Å². The standard InChI is InChI=1S/C15H16OS/c1-4-12-5-7-13(8-6-12)15(16)14-9-10(2)11(3)17-14/h5-9H,4H2,1-3H3. The molecule has 2 heteroatoms. The molecule has 0 atom stereocenters. The fourth-order valence-corrected chi connectivity index (χ4v) is 2.72. The van der Waals surface area contributed by atoms with Crippen molar-refractivity contribution in [1.82, 2.24) is 0 Å². The highest BCUT2D eigenvalue weighted by Gasteiger charge is 2.12. The molecule has 1 aromatic heterocycles. The molecule has 0 unspecified atom stereocenters. The molecule has 2 rings (SSSR count). The number of ketones is 1. The van der Waals surface area contributed by atoms with Crippen molar-refractivity contribution in [3.8, 4) is 0 Å². The minimum Gasteiger partial charge on any atom is -0.288 e. The Bertz CT molecular complexity index is 515. The summed E-state index contributed by atoms with van der Waals surface area (Å²) >= 11 is 1.58. The van der Waals surface area contributed by atoms with Crippen molar-refractivity contribution in [2.45, 2.75) is 27.2 Å². The minimum atomic E-state index is 0.133. The van der Waals surface area contributed by atoms with Crippen LogP contribution in [0.2, 0.25) is 0 Å². The third-order valence-corrected chi connectivity index (χ3v) is 4.17. The molecule has 0 aliphatic rings. The quantitative estimate of drug-likeness (QED) is 0.741. The Hall–Kier alpha value is -1.41. The van der Waals surface area contributed by atoms with Gasteiger partial charge in [-0.25, -0.2) is 0 Å². The number of hydrogen-bond donors (Lipinski definition) is 0. The molecule has 0 radical (unpaired) electrons. The molecule has 0 amide bonds. The lowest BCUT2D eigenvalue weighted by Gasteiger charge is -2.00. The van der Waals surface area contributed by atoms with E-state index in [9.17, 15) is 4.79 Å². The van der Waals surface area contributed by atoms with Crippen molar-refractivity contribution in [3.05, 3.63) is 56.8 Å². The van der Waals surface area contributed by atoms with E-state index in [0.717, 1.165) is 16.9 Å². The zero-order chi connectivity index (χ0) is 12.4. The first kappa shape index (κ1) is 12.1. The predicted molar refractivity (Wildman–Crippen MR) is 73.0 cm³/mol. The van der Waals surface area contributed by atoms with Gasteiger partial charge >= 0.3 is 0 Å². The first-order chi connectivity index (χ1) is 8.11. The second-order valence-electron chi connectivity index (χ2n) is 4.23. The maximum Gasteiger partial charge on any atom is 0.202 e. The summed E-state index contributed by atoms with van der Waals surface area (Å²) in [7, 11) is 0. The highest BCUT2D eigenvalue weighted by atomic mass is 32.1. The van der Waals surface area contributed by atoms with E-state index in [1.165, 1.54) is 16.0 Å². The van der Waals surface area contributed by atoms with Crippen LogP contribution in [0.3, 0.4) is 0 Å². The average Bonchev–Trinajstić information content (AvgIpc) is 2.69. The molecule has 0 spiro atoms. The van der Waals surface area contributed by atoms with Gasteiger partial charge in [0.15, 0.2) is 0 Å². The maximum atomic E-state index is 12.2. The summed E-state index contributed by atoms with van der Waals surface area (Å²) in [6.07, 6.45) is 1.01. The van der Waals surface area contributed by atoms with Gasteiger partial charge in [-0.3, -0.25) is 4.79 Å². The second-order valence-corrected chi connectivity index (χ2v) is 5.49. The van der Waals surface area contributed by atoms with Gasteiger partial charge in [-0.2, -0.15) is 0 Å². The van der Waals surface area contributed by atoms with Crippen LogP contribution in [0.25, 0.3) is 0 Å². The first-order valence-electron chi connectivity index (χ1n) is 5.82. The Kier molecular flexibility index (Phi) is 3.43. The van der Waals surface area contributed by atoms with Crippen molar-refractivity contribution < 1.29 is 4.79 Å². The molecule has 0 bridgehead atoms. The number of benzene rings is 1. The minimum absolute atomic E-state index is 0.133. The van der Waals surface area contributed by atoms with E-state index >= 15 is 0 Å². The van der Waals surface area contributed by atoms with Crippen LogP contribution < -0.4 is 0 Å². The molecular formula is C15H16OS. The molecule has 0 saturated heterocycles. The summed E-state index contributed by atoms with van der Waals surface area (Å²) < 4.78 is 0. The molecular weight excluding hydrogens is 228 g/mol. The van der Waals surface area contributed by atoms with Crippen LogP contribution in [0.15, 0.2) is 30.3 Å². The van der Waals surface area contributed by atoms with Crippen LogP contribution in [-0.2, 0) is 6.42 Å². The van der Waals surface area contributed by atoms with E-state index in [1.807, 2.05) is 37.3 Å².